The summed E-state index contributed by atoms with van der Waals surface area (Å²) in [6.07, 6.45) is 4.76. The number of hydrogen-bond donors (Lipinski definition) is 2. The molecular weight excluding hydrogens is 474 g/mol. The second-order valence-electron chi connectivity index (χ2n) is 10.6. The van der Waals surface area contributed by atoms with E-state index < -0.39 is 11.4 Å². The van der Waals surface area contributed by atoms with Crippen molar-refractivity contribution in [2.75, 3.05) is 39.8 Å². The van der Waals surface area contributed by atoms with Gasteiger partial charge in [-0.05, 0) is 87.0 Å². The fraction of sp³-hybridized carbons (Fsp3) is 0.419. The van der Waals surface area contributed by atoms with Gasteiger partial charge in [0.15, 0.2) is 0 Å². The van der Waals surface area contributed by atoms with Crippen molar-refractivity contribution in [2.45, 2.75) is 39.7 Å². The zero-order valence-electron chi connectivity index (χ0n) is 23.6. The highest BCUT2D eigenvalue weighted by Gasteiger charge is 2.24. The Hall–Kier alpha value is -3.60. The number of aliphatic hydroxyl groups excluding tert-OH is 1. The molecular formula is C31H41N5O2. The van der Waals surface area contributed by atoms with Gasteiger partial charge >= 0.3 is 0 Å². The van der Waals surface area contributed by atoms with Crippen molar-refractivity contribution in [2.24, 2.45) is 7.05 Å². The molecule has 1 aromatic carbocycles. The predicted molar refractivity (Wildman–Crippen MR) is 155 cm³/mol. The number of piperazine rings is 1. The molecule has 0 unspecified atom stereocenters. The van der Waals surface area contributed by atoms with Gasteiger partial charge in [0.1, 0.15) is 11.6 Å². The third kappa shape index (κ3) is 6.63. The molecule has 2 heterocycles. The van der Waals surface area contributed by atoms with E-state index in [9.17, 15) is 15.2 Å². The topological polar surface area (TPSA) is 84.5 Å². The summed E-state index contributed by atoms with van der Waals surface area (Å²) < 4.78 is 2.00. The lowest BCUT2D eigenvalue weighted by molar-refractivity contribution is -0.118. The minimum absolute atomic E-state index is 0.0459. The van der Waals surface area contributed by atoms with Crippen LogP contribution in [-0.2, 0) is 11.8 Å². The van der Waals surface area contributed by atoms with Gasteiger partial charge in [0, 0.05) is 62.5 Å². The smallest absolute Gasteiger partial charge is 0.262 e. The van der Waals surface area contributed by atoms with E-state index >= 15 is 0 Å². The summed E-state index contributed by atoms with van der Waals surface area (Å²) in [4.78, 5) is 17.7. The maximum absolute atomic E-state index is 12.9. The SMILES string of the molecule is C=c1cc(-c2ccc(/C(C)=C(\C#N)C(=O)NC(C)(C)CCO)n2C)cc/c1=C/C(=CC)N1CCN(C)CC1. The molecule has 3 rings (SSSR count). The summed E-state index contributed by atoms with van der Waals surface area (Å²) in [6, 6.07) is 12.3. The van der Waals surface area contributed by atoms with Crippen LogP contribution in [0.1, 0.15) is 39.8 Å². The molecule has 1 aliphatic heterocycles. The van der Waals surface area contributed by atoms with Gasteiger partial charge in [0.2, 0.25) is 0 Å². The zero-order valence-corrected chi connectivity index (χ0v) is 23.6. The molecule has 1 aliphatic rings. The molecule has 0 atom stereocenters. The fourth-order valence-corrected chi connectivity index (χ4v) is 4.81. The monoisotopic (exact) mass is 515 g/mol. The number of nitrogens with one attached hydrogen (secondary N) is 1. The Labute approximate surface area is 226 Å². The van der Waals surface area contributed by atoms with Crippen LogP contribution in [0.2, 0.25) is 0 Å². The first-order valence-corrected chi connectivity index (χ1v) is 13.1. The third-order valence-corrected chi connectivity index (χ3v) is 7.31. The summed E-state index contributed by atoms with van der Waals surface area (Å²) in [5.41, 5.74) is 4.04. The number of carbonyl (C=O) groups excluding carboxylic acids is 1. The number of nitrogens with zero attached hydrogens (tertiary/aromatic N) is 4. The van der Waals surface area contributed by atoms with E-state index in [-0.39, 0.29) is 12.2 Å². The largest absolute Gasteiger partial charge is 0.396 e. The quantitative estimate of drug-likeness (QED) is 0.417. The summed E-state index contributed by atoms with van der Waals surface area (Å²) in [7, 11) is 4.09. The van der Waals surface area contributed by atoms with Crippen LogP contribution in [0.15, 0.2) is 47.7 Å². The van der Waals surface area contributed by atoms with E-state index in [1.54, 1.807) is 6.92 Å². The third-order valence-electron chi connectivity index (χ3n) is 7.31. The normalized spacial score (nSPS) is 16.3. The van der Waals surface area contributed by atoms with Gasteiger partial charge in [-0.25, -0.2) is 0 Å². The van der Waals surface area contributed by atoms with E-state index in [2.05, 4.69) is 72.1 Å². The number of hydrogen-bond acceptors (Lipinski definition) is 5. The van der Waals surface area contributed by atoms with Gasteiger partial charge in [0.05, 0.1) is 0 Å². The number of aliphatic hydroxyl groups is 1. The van der Waals surface area contributed by atoms with Crippen molar-refractivity contribution in [3.8, 4) is 17.3 Å². The zero-order chi connectivity index (χ0) is 28.0. The van der Waals surface area contributed by atoms with Crippen LogP contribution in [-0.4, -0.2) is 70.8 Å². The molecule has 1 saturated heterocycles. The Morgan fingerprint density at radius 3 is 2.45 bits per heavy atom. The second-order valence-corrected chi connectivity index (χ2v) is 10.6. The number of amides is 1. The maximum Gasteiger partial charge on any atom is 0.262 e. The number of benzene rings is 1. The number of aromatic nitrogens is 1. The molecule has 7 heteroatoms. The molecule has 1 fully saturated rings. The van der Waals surface area contributed by atoms with Crippen LogP contribution in [0.3, 0.4) is 0 Å². The highest BCUT2D eigenvalue weighted by Crippen LogP contribution is 2.26. The number of likely N-dealkylation sites (N-methyl/N-ethyl adjacent to an activating group) is 1. The van der Waals surface area contributed by atoms with Gasteiger partial charge in [-0.1, -0.05) is 24.8 Å². The lowest BCUT2D eigenvalue weighted by Crippen LogP contribution is -2.44. The van der Waals surface area contributed by atoms with E-state index in [0.29, 0.717) is 12.0 Å². The molecule has 7 nitrogen and oxygen atoms in total. The standard InChI is InChI=1S/C31H41N5O2/c1-8-26(36-16-14-34(6)15-17-36)20-24-9-10-25(19-22(24)2)29-12-11-28(35(29)7)23(3)27(21-32)30(38)33-31(4,5)13-18-37/h8-12,19-20,37H,2,13-18H2,1,3-7H3,(H,33,38)/b24-20-,26-8?,27-23+. The number of nitriles is 1. The van der Waals surface area contributed by atoms with E-state index in [0.717, 1.165) is 53.6 Å². The lowest BCUT2D eigenvalue weighted by Gasteiger charge is -2.34. The number of carbonyl (C=O) groups is 1. The first-order chi connectivity index (χ1) is 18.0. The Morgan fingerprint density at radius 1 is 1.18 bits per heavy atom. The Balaban J connectivity index is 1.91. The van der Waals surface area contributed by atoms with Crippen molar-refractivity contribution < 1.29 is 9.90 Å². The van der Waals surface area contributed by atoms with E-state index in [1.807, 2.05) is 37.6 Å². The molecule has 38 heavy (non-hydrogen) atoms. The second kappa shape index (κ2) is 12.3. The van der Waals surface area contributed by atoms with Crippen LogP contribution in [0.5, 0.6) is 0 Å². The van der Waals surface area contributed by atoms with Gasteiger partial charge in [-0.2, -0.15) is 5.26 Å². The number of rotatable bonds is 8. The Bertz CT molecular complexity index is 1380. The minimum Gasteiger partial charge on any atom is -0.396 e. The maximum atomic E-state index is 12.9. The molecule has 0 aliphatic carbocycles. The molecule has 0 spiro atoms. The van der Waals surface area contributed by atoms with Crippen molar-refractivity contribution in [3.63, 3.8) is 0 Å². The van der Waals surface area contributed by atoms with Gasteiger partial charge < -0.3 is 24.8 Å². The van der Waals surface area contributed by atoms with Crippen molar-refractivity contribution >= 4 is 24.1 Å². The summed E-state index contributed by atoms with van der Waals surface area (Å²) in [5, 5.41) is 23.9. The van der Waals surface area contributed by atoms with Gasteiger partial charge in [-0.3, -0.25) is 4.79 Å². The summed E-state index contributed by atoms with van der Waals surface area (Å²) in [5.74, 6) is -0.439. The van der Waals surface area contributed by atoms with Crippen molar-refractivity contribution in [1.29, 1.82) is 5.26 Å². The highest BCUT2D eigenvalue weighted by molar-refractivity contribution is 6.04. The average molecular weight is 516 g/mol. The molecule has 1 amide bonds. The van der Waals surface area contributed by atoms with Gasteiger partial charge in [0.25, 0.3) is 5.91 Å². The Kier molecular flexibility index (Phi) is 9.37. The summed E-state index contributed by atoms with van der Waals surface area (Å²) in [6.45, 7) is 15.9. The number of allylic oxidation sites excluding steroid dienone is 3. The Morgan fingerprint density at radius 2 is 1.87 bits per heavy atom. The first-order valence-electron chi connectivity index (χ1n) is 13.1. The minimum atomic E-state index is -0.617. The van der Waals surface area contributed by atoms with Crippen LogP contribution in [0.25, 0.3) is 29.5 Å². The first kappa shape index (κ1) is 29.0. The molecule has 2 N–H and O–H groups in total. The molecule has 1 aromatic heterocycles. The lowest BCUT2D eigenvalue weighted by atomic mass is 9.99. The fourth-order valence-electron chi connectivity index (χ4n) is 4.81. The summed E-state index contributed by atoms with van der Waals surface area (Å²) >= 11 is 0. The molecule has 2 aromatic rings. The van der Waals surface area contributed by atoms with Crippen LogP contribution < -0.4 is 15.8 Å². The van der Waals surface area contributed by atoms with Gasteiger partial charge in [-0.15, -0.1) is 0 Å². The molecule has 0 bridgehead atoms. The van der Waals surface area contributed by atoms with E-state index in [4.69, 9.17) is 0 Å². The van der Waals surface area contributed by atoms with Crippen LogP contribution >= 0.6 is 0 Å². The van der Waals surface area contributed by atoms with Crippen molar-refractivity contribution in [1.82, 2.24) is 19.7 Å². The molecule has 0 radical (unpaired) electrons. The molecule has 0 saturated carbocycles. The average Bonchev–Trinajstić information content (AvgIpc) is 3.25. The molecule has 202 valence electrons. The predicted octanol–water partition coefficient (Wildman–Crippen LogP) is 2.61. The van der Waals surface area contributed by atoms with Crippen LogP contribution in [0.4, 0.5) is 0 Å². The highest BCUT2D eigenvalue weighted by atomic mass is 16.3. The van der Waals surface area contributed by atoms with Crippen LogP contribution in [0, 0.1) is 11.3 Å². The van der Waals surface area contributed by atoms with Crippen molar-refractivity contribution in [3.05, 3.63) is 63.8 Å². The van der Waals surface area contributed by atoms with E-state index in [1.165, 1.54) is 5.70 Å².